The summed E-state index contributed by atoms with van der Waals surface area (Å²) in [5.74, 6) is -2.21. The van der Waals surface area contributed by atoms with E-state index in [0.717, 1.165) is 36.2 Å². The molecule has 0 atom stereocenters. The average molecular weight is 523 g/mol. The van der Waals surface area contributed by atoms with Crippen molar-refractivity contribution < 1.29 is 26.7 Å². The first-order chi connectivity index (χ1) is 17.7. The van der Waals surface area contributed by atoms with Gasteiger partial charge < -0.3 is 4.74 Å². The molecule has 37 heavy (non-hydrogen) atoms. The highest BCUT2D eigenvalue weighted by Crippen LogP contribution is 2.43. The fourth-order valence-corrected chi connectivity index (χ4v) is 6.42. The Morgan fingerprint density at radius 3 is 1.78 bits per heavy atom. The summed E-state index contributed by atoms with van der Waals surface area (Å²) in [6.07, 6.45) is 13.0. The van der Waals surface area contributed by atoms with Gasteiger partial charge in [0.1, 0.15) is 5.75 Å². The number of halogens is 5. The average Bonchev–Trinajstić information content (AvgIpc) is 2.90. The van der Waals surface area contributed by atoms with Gasteiger partial charge in [0.25, 0.3) is 0 Å². The monoisotopic (exact) mass is 522 g/mol. The van der Waals surface area contributed by atoms with Crippen LogP contribution in [0.5, 0.6) is 5.75 Å². The summed E-state index contributed by atoms with van der Waals surface area (Å²) in [4.78, 5) is 0. The quantitative estimate of drug-likeness (QED) is 0.223. The largest absolute Gasteiger partial charge is 0.429 e. The number of rotatable bonds is 10. The van der Waals surface area contributed by atoms with Gasteiger partial charge in [0.15, 0.2) is 17.5 Å². The van der Waals surface area contributed by atoms with Crippen molar-refractivity contribution in [2.45, 2.75) is 96.5 Å². The topological polar surface area (TPSA) is 9.23 Å². The second kappa shape index (κ2) is 12.6. The standard InChI is InChI=1S/C31H39F5O/c1-2-3-4-21-7-13-24(14-8-21)25-15-9-22(10-16-25)5-6-23-11-17-26(18-12-23)31(35,36)37-27-19-28(32)30(34)29(33)20-27/h11-12,17-22,24-25H,2-10,13-16H2,1H3/t21-,22-,24-,25-. The molecule has 0 aromatic heterocycles. The van der Waals surface area contributed by atoms with Crippen molar-refractivity contribution in [1.82, 2.24) is 0 Å². The van der Waals surface area contributed by atoms with Gasteiger partial charge in [0.05, 0.1) is 5.56 Å². The smallest absolute Gasteiger partial charge is 0.426 e. The second-order valence-corrected chi connectivity index (χ2v) is 11.3. The van der Waals surface area contributed by atoms with E-state index in [1.54, 1.807) is 12.1 Å². The zero-order valence-corrected chi connectivity index (χ0v) is 21.8. The van der Waals surface area contributed by atoms with Crippen LogP contribution in [0.4, 0.5) is 22.0 Å². The number of unbranched alkanes of at least 4 members (excludes halogenated alkanes) is 1. The summed E-state index contributed by atoms with van der Waals surface area (Å²) in [6, 6.07) is 6.68. The third-order valence-electron chi connectivity index (χ3n) is 8.75. The molecule has 4 rings (SSSR count). The van der Waals surface area contributed by atoms with Crippen LogP contribution in [0.2, 0.25) is 0 Å². The Morgan fingerprint density at radius 1 is 0.757 bits per heavy atom. The van der Waals surface area contributed by atoms with Crippen LogP contribution in [0.3, 0.4) is 0 Å². The summed E-state index contributed by atoms with van der Waals surface area (Å²) >= 11 is 0. The normalized spacial score (nSPS) is 24.7. The van der Waals surface area contributed by atoms with Crippen LogP contribution in [0.25, 0.3) is 0 Å². The molecule has 0 spiro atoms. The van der Waals surface area contributed by atoms with Gasteiger partial charge in [-0.05, 0) is 79.9 Å². The number of alkyl halides is 2. The molecule has 0 heterocycles. The van der Waals surface area contributed by atoms with E-state index in [2.05, 4.69) is 11.7 Å². The maximum absolute atomic E-state index is 14.5. The van der Waals surface area contributed by atoms with E-state index in [0.29, 0.717) is 18.1 Å². The predicted molar refractivity (Wildman–Crippen MR) is 136 cm³/mol. The highest BCUT2D eigenvalue weighted by Gasteiger charge is 2.35. The number of ether oxygens (including phenoxy) is 1. The number of hydrogen-bond acceptors (Lipinski definition) is 1. The SMILES string of the molecule is CCCC[C@H]1CC[C@H]([C@H]2CC[C@H](CCc3ccc(C(F)(F)Oc4cc(F)c(F)c(F)c4)cc3)CC2)CC1. The van der Waals surface area contributed by atoms with Crippen LogP contribution in [-0.4, -0.2) is 0 Å². The fraction of sp³-hybridized carbons (Fsp3) is 0.613. The Balaban J connectivity index is 1.21. The van der Waals surface area contributed by atoms with Crippen LogP contribution in [-0.2, 0) is 12.5 Å². The molecule has 0 saturated heterocycles. The van der Waals surface area contributed by atoms with Crippen molar-refractivity contribution in [2.75, 3.05) is 0 Å². The van der Waals surface area contributed by atoms with Crippen molar-refractivity contribution >= 4 is 0 Å². The van der Waals surface area contributed by atoms with Gasteiger partial charge >= 0.3 is 6.11 Å². The van der Waals surface area contributed by atoms with Crippen molar-refractivity contribution in [1.29, 1.82) is 0 Å². The summed E-state index contributed by atoms with van der Waals surface area (Å²) in [6.45, 7) is 2.28. The Bertz CT molecular complexity index is 966. The zero-order valence-electron chi connectivity index (χ0n) is 21.8. The first-order valence-corrected chi connectivity index (χ1v) is 14.1. The lowest BCUT2D eigenvalue weighted by molar-refractivity contribution is -0.185. The molecule has 2 aliphatic carbocycles. The molecule has 2 aliphatic rings. The van der Waals surface area contributed by atoms with Gasteiger partial charge in [0, 0.05) is 12.1 Å². The van der Waals surface area contributed by atoms with Crippen molar-refractivity contribution in [3.63, 3.8) is 0 Å². The number of benzene rings is 2. The Labute approximate surface area is 217 Å². The Kier molecular flexibility index (Phi) is 9.52. The highest BCUT2D eigenvalue weighted by atomic mass is 19.3. The van der Waals surface area contributed by atoms with Gasteiger partial charge in [-0.25, -0.2) is 13.2 Å². The molecule has 2 aromatic carbocycles. The lowest BCUT2D eigenvalue weighted by atomic mass is 9.68. The lowest BCUT2D eigenvalue weighted by Gasteiger charge is -2.38. The summed E-state index contributed by atoms with van der Waals surface area (Å²) in [5.41, 5.74) is 0.553. The zero-order chi connectivity index (χ0) is 26.4. The van der Waals surface area contributed by atoms with Crippen LogP contribution >= 0.6 is 0 Å². The van der Waals surface area contributed by atoms with E-state index in [1.165, 1.54) is 82.8 Å². The second-order valence-electron chi connectivity index (χ2n) is 11.3. The van der Waals surface area contributed by atoms with Crippen LogP contribution in [0, 0.1) is 41.1 Å². The molecular formula is C31H39F5O. The molecule has 2 fully saturated rings. The van der Waals surface area contributed by atoms with Gasteiger partial charge in [-0.15, -0.1) is 0 Å². The maximum atomic E-state index is 14.5. The van der Waals surface area contributed by atoms with E-state index in [-0.39, 0.29) is 0 Å². The molecule has 0 radical (unpaired) electrons. The van der Waals surface area contributed by atoms with E-state index in [9.17, 15) is 22.0 Å². The minimum absolute atomic E-state index is 0.411. The van der Waals surface area contributed by atoms with Crippen LogP contribution in [0.15, 0.2) is 36.4 Å². The van der Waals surface area contributed by atoms with Crippen molar-refractivity contribution in [2.24, 2.45) is 23.7 Å². The van der Waals surface area contributed by atoms with E-state index < -0.39 is 34.9 Å². The predicted octanol–water partition coefficient (Wildman–Crippen LogP) is 9.97. The molecule has 6 heteroatoms. The Morgan fingerprint density at radius 2 is 1.27 bits per heavy atom. The molecule has 0 N–H and O–H groups in total. The highest BCUT2D eigenvalue weighted by molar-refractivity contribution is 5.29. The molecule has 0 bridgehead atoms. The summed E-state index contributed by atoms with van der Waals surface area (Å²) in [7, 11) is 0. The van der Waals surface area contributed by atoms with Crippen LogP contribution in [0.1, 0.15) is 95.1 Å². The molecule has 2 saturated carbocycles. The molecular weight excluding hydrogens is 483 g/mol. The molecule has 2 aromatic rings. The Hall–Kier alpha value is -2.11. The van der Waals surface area contributed by atoms with Gasteiger partial charge in [-0.3, -0.25) is 0 Å². The summed E-state index contributed by atoms with van der Waals surface area (Å²) in [5, 5.41) is 0. The molecule has 1 nitrogen and oxygen atoms in total. The van der Waals surface area contributed by atoms with Crippen molar-refractivity contribution in [3.8, 4) is 5.75 Å². The van der Waals surface area contributed by atoms with Crippen LogP contribution < -0.4 is 4.74 Å². The number of hydrogen-bond donors (Lipinski definition) is 0. The molecule has 0 amide bonds. The minimum Gasteiger partial charge on any atom is -0.429 e. The van der Waals surface area contributed by atoms with E-state index >= 15 is 0 Å². The summed E-state index contributed by atoms with van der Waals surface area (Å²) < 4.78 is 73.3. The third kappa shape index (κ3) is 7.48. The first-order valence-electron chi connectivity index (χ1n) is 14.1. The molecule has 0 unspecified atom stereocenters. The third-order valence-corrected chi connectivity index (χ3v) is 8.75. The fourth-order valence-electron chi connectivity index (χ4n) is 6.42. The van der Waals surface area contributed by atoms with Gasteiger partial charge in [0.2, 0.25) is 0 Å². The van der Waals surface area contributed by atoms with Gasteiger partial charge in [-0.2, -0.15) is 8.78 Å². The molecule has 204 valence electrons. The van der Waals surface area contributed by atoms with E-state index in [1.807, 2.05) is 0 Å². The first kappa shape index (κ1) is 27.9. The minimum atomic E-state index is -3.80. The molecule has 0 aliphatic heterocycles. The van der Waals surface area contributed by atoms with Gasteiger partial charge in [-0.1, -0.05) is 64.0 Å². The number of aryl methyl sites for hydroxylation is 1. The lowest BCUT2D eigenvalue weighted by Crippen LogP contribution is -2.26. The van der Waals surface area contributed by atoms with Crippen molar-refractivity contribution in [3.05, 3.63) is 65.0 Å². The maximum Gasteiger partial charge on any atom is 0.426 e. The van der Waals surface area contributed by atoms with E-state index in [4.69, 9.17) is 0 Å².